The summed E-state index contributed by atoms with van der Waals surface area (Å²) in [6.45, 7) is 0. The molecule has 2 aromatic rings. The predicted molar refractivity (Wildman–Crippen MR) is 70.8 cm³/mol. The van der Waals surface area contributed by atoms with Crippen molar-refractivity contribution in [1.29, 1.82) is 0 Å². The van der Waals surface area contributed by atoms with Crippen molar-refractivity contribution in [2.75, 3.05) is 0 Å². The number of hydrogen-bond acceptors (Lipinski definition) is 3. The Morgan fingerprint density at radius 2 is 1.75 bits per heavy atom. The number of alkyl halides is 3. The number of hydrogen-bond donors (Lipinski definition) is 1. The molecule has 1 unspecified atom stereocenters. The molecule has 6 heteroatoms. The zero-order valence-corrected chi connectivity index (χ0v) is 11.0. The van der Waals surface area contributed by atoms with Crippen molar-refractivity contribution in [3.05, 3.63) is 60.2 Å². The van der Waals surface area contributed by atoms with E-state index >= 15 is 0 Å². The first-order valence-corrected chi connectivity index (χ1v) is 6.12. The molecule has 0 bridgehead atoms. The lowest BCUT2D eigenvalue weighted by Gasteiger charge is -2.15. The maximum atomic E-state index is 12.1. The summed E-state index contributed by atoms with van der Waals surface area (Å²) < 4.78 is 45.8. The third kappa shape index (κ3) is 4.38. The Hall–Kier alpha value is -1.82. The van der Waals surface area contributed by atoms with Gasteiger partial charge in [0.25, 0.3) is 0 Å². The largest absolute Gasteiger partial charge is 0.573 e. The van der Waals surface area contributed by atoms with Gasteiger partial charge in [-0.2, -0.15) is 0 Å². The van der Waals surface area contributed by atoms with Gasteiger partial charge in [0.05, 0.1) is 0 Å². The van der Waals surface area contributed by atoms with Gasteiger partial charge < -0.3 is 9.47 Å². The Kier molecular flexibility index (Phi) is 4.44. The molecule has 2 nitrogen and oxygen atoms in total. The number of benzene rings is 2. The smallest absolute Gasteiger partial charge is 0.475 e. The van der Waals surface area contributed by atoms with Crippen LogP contribution in [0.3, 0.4) is 0 Å². The topological polar surface area (TPSA) is 18.5 Å². The molecule has 20 heavy (non-hydrogen) atoms. The minimum absolute atomic E-state index is 0.306. The third-order valence-corrected chi connectivity index (χ3v) is 2.72. The lowest BCUT2D eigenvalue weighted by Crippen LogP contribution is -2.17. The molecule has 105 valence electrons. The fourth-order valence-corrected chi connectivity index (χ4v) is 1.79. The zero-order chi connectivity index (χ0) is 14.6. The van der Waals surface area contributed by atoms with Crippen LogP contribution in [0.5, 0.6) is 11.5 Å². The molecule has 0 aromatic heterocycles. The summed E-state index contributed by atoms with van der Waals surface area (Å²) in [4.78, 5) is 0. The van der Waals surface area contributed by atoms with Gasteiger partial charge in [0.15, 0.2) is 5.44 Å². The average Bonchev–Trinajstić information content (AvgIpc) is 2.38. The highest BCUT2D eigenvalue weighted by Gasteiger charge is 2.31. The van der Waals surface area contributed by atoms with Gasteiger partial charge >= 0.3 is 6.36 Å². The van der Waals surface area contributed by atoms with Crippen LogP contribution < -0.4 is 9.47 Å². The lowest BCUT2D eigenvalue weighted by molar-refractivity contribution is -0.274. The number of halogens is 3. The summed E-state index contributed by atoms with van der Waals surface area (Å²) in [5, 5.41) is 0. The molecule has 2 aromatic carbocycles. The second kappa shape index (κ2) is 6.09. The summed E-state index contributed by atoms with van der Waals surface area (Å²) in [5.74, 6) is 0.241. The van der Waals surface area contributed by atoms with Gasteiger partial charge in [0, 0.05) is 5.56 Å². The van der Waals surface area contributed by atoms with Crippen LogP contribution in [0.15, 0.2) is 48.5 Å². The molecule has 0 saturated carbocycles. The van der Waals surface area contributed by atoms with Gasteiger partial charge in [-0.3, -0.25) is 0 Å². The summed E-state index contributed by atoms with van der Waals surface area (Å²) in [6, 6.07) is 15.0. The maximum absolute atomic E-state index is 12.1. The Labute approximate surface area is 119 Å². The first kappa shape index (κ1) is 14.6. The van der Waals surface area contributed by atoms with Crippen LogP contribution in [0.25, 0.3) is 0 Å². The van der Waals surface area contributed by atoms with Crippen molar-refractivity contribution in [2.45, 2.75) is 11.8 Å². The van der Waals surface area contributed by atoms with E-state index < -0.39 is 11.8 Å². The Bertz CT molecular complexity index is 558. The molecule has 0 aliphatic carbocycles. The lowest BCUT2D eigenvalue weighted by atomic mass is 10.2. The highest BCUT2D eigenvalue weighted by Crippen LogP contribution is 2.29. The van der Waals surface area contributed by atoms with E-state index in [9.17, 15) is 13.2 Å². The Morgan fingerprint density at radius 3 is 2.40 bits per heavy atom. The Morgan fingerprint density at radius 1 is 1.05 bits per heavy atom. The van der Waals surface area contributed by atoms with E-state index in [0.29, 0.717) is 11.3 Å². The Balaban J connectivity index is 2.10. The molecule has 2 rings (SSSR count). The van der Waals surface area contributed by atoms with Gasteiger partial charge in [-0.05, 0) is 30.3 Å². The minimum atomic E-state index is -4.72. The first-order valence-electron chi connectivity index (χ1n) is 5.60. The second-order valence-electron chi connectivity index (χ2n) is 3.83. The molecule has 0 N–H and O–H groups in total. The van der Waals surface area contributed by atoms with E-state index in [4.69, 9.17) is 4.74 Å². The van der Waals surface area contributed by atoms with Gasteiger partial charge in [0.1, 0.15) is 11.5 Å². The monoisotopic (exact) mass is 299 g/mol. The summed E-state index contributed by atoms with van der Waals surface area (Å²) in [7, 11) is 0. The van der Waals surface area contributed by atoms with Crippen LogP contribution in [0, 0.1) is 6.07 Å². The molecule has 1 atom stereocenters. The SMILES string of the molecule is FC(F)(F)Oc1cccc(C(S)Oc2cc[c]cc2)c1. The van der Waals surface area contributed by atoms with Crippen molar-refractivity contribution in [3.8, 4) is 11.5 Å². The molecule has 0 fully saturated rings. The number of ether oxygens (including phenoxy) is 2. The molecule has 0 amide bonds. The fraction of sp³-hybridized carbons (Fsp3) is 0.143. The van der Waals surface area contributed by atoms with E-state index in [1.165, 1.54) is 18.2 Å². The molecular formula is C14H10F3O2S. The minimum Gasteiger partial charge on any atom is -0.475 e. The van der Waals surface area contributed by atoms with Crippen LogP contribution in [0.1, 0.15) is 11.0 Å². The van der Waals surface area contributed by atoms with Crippen LogP contribution >= 0.6 is 12.6 Å². The number of rotatable bonds is 4. The third-order valence-electron chi connectivity index (χ3n) is 2.31. The van der Waals surface area contributed by atoms with Crippen molar-refractivity contribution >= 4 is 12.6 Å². The van der Waals surface area contributed by atoms with Crippen molar-refractivity contribution in [1.82, 2.24) is 0 Å². The molecular weight excluding hydrogens is 289 g/mol. The normalized spacial score (nSPS) is 12.8. The second-order valence-corrected chi connectivity index (χ2v) is 4.30. The van der Waals surface area contributed by atoms with E-state index in [1.54, 1.807) is 30.3 Å². The van der Waals surface area contributed by atoms with E-state index in [0.717, 1.165) is 0 Å². The average molecular weight is 299 g/mol. The van der Waals surface area contributed by atoms with Crippen molar-refractivity contribution < 1.29 is 22.6 Å². The summed E-state index contributed by atoms with van der Waals surface area (Å²) in [6.07, 6.45) is -4.72. The molecule has 0 heterocycles. The molecule has 1 radical (unpaired) electrons. The summed E-state index contributed by atoms with van der Waals surface area (Å²) in [5.41, 5.74) is -0.239. The highest BCUT2D eigenvalue weighted by molar-refractivity contribution is 7.80. The molecule has 0 aliphatic rings. The molecule has 0 saturated heterocycles. The standard InChI is InChI=1S/C14H10F3O2S/c15-14(16,17)19-12-8-4-5-10(9-12)13(20)18-11-6-2-1-3-7-11/h2-9,13,20H. The van der Waals surface area contributed by atoms with Crippen LogP contribution in [0.4, 0.5) is 13.2 Å². The molecule has 0 aliphatic heterocycles. The maximum Gasteiger partial charge on any atom is 0.573 e. The highest BCUT2D eigenvalue weighted by atomic mass is 32.1. The summed E-state index contributed by atoms with van der Waals surface area (Å²) >= 11 is 4.22. The van der Waals surface area contributed by atoms with Crippen LogP contribution in [-0.4, -0.2) is 6.36 Å². The van der Waals surface area contributed by atoms with E-state index in [-0.39, 0.29) is 5.75 Å². The van der Waals surface area contributed by atoms with E-state index in [1.807, 2.05) is 0 Å². The van der Waals surface area contributed by atoms with Gasteiger partial charge in [-0.15, -0.1) is 25.8 Å². The first-order chi connectivity index (χ1) is 9.44. The van der Waals surface area contributed by atoms with Crippen molar-refractivity contribution in [3.63, 3.8) is 0 Å². The fourth-order valence-electron chi connectivity index (χ4n) is 1.51. The zero-order valence-electron chi connectivity index (χ0n) is 10.1. The van der Waals surface area contributed by atoms with Gasteiger partial charge in [-0.1, -0.05) is 24.3 Å². The van der Waals surface area contributed by atoms with Crippen molar-refractivity contribution in [2.24, 2.45) is 0 Å². The van der Waals surface area contributed by atoms with Gasteiger partial charge in [0.2, 0.25) is 0 Å². The predicted octanol–water partition coefficient (Wildman–Crippen LogP) is 4.39. The van der Waals surface area contributed by atoms with Crippen LogP contribution in [-0.2, 0) is 0 Å². The number of thiol groups is 1. The quantitative estimate of drug-likeness (QED) is 0.666. The van der Waals surface area contributed by atoms with Gasteiger partial charge in [-0.25, -0.2) is 0 Å². The molecule has 0 spiro atoms. The van der Waals surface area contributed by atoms with E-state index in [2.05, 4.69) is 23.4 Å². The van der Waals surface area contributed by atoms with Crippen LogP contribution in [0.2, 0.25) is 0 Å².